The smallest absolute Gasteiger partial charge is 0.277 e. The van der Waals surface area contributed by atoms with Crippen molar-refractivity contribution >= 4 is 28.8 Å². The van der Waals surface area contributed by atoms with Gasteiger partial charge in [0, 0.05) is 21.7 Å². The van der Waals surface area contributed by atoms with Crippen molar-refractivity contribution in [1.29, 1.82) is 0 Å². The summed E-state index contributed by atoms with van der Waals surface area (Å²) in [5, 5.41) is 11.9. The number of nitrogens with one attached hydrogen (secondary N) is 2. The number of benzene rings is 2. The molecule has 0 fully saturated rings. The minimum Gasteiger partial charge on any atom is -0.349 e. The van der Waals surface area contributed by atoms with E-state index in [-0.39, 0.29) is 17.4 Å². The highest BCUT2D eigenvalue weighted by atomic mass is 32.1. The second-order valence-electron chi connectivity index (χ2n) is 8.84. The molecule has 174 valence electrons. The van der Waals surface area contributed by atoms with Crippen LogP contribution in [0.25, 0.3) is 11.3 Å². The van der Waals surface area contributed by atoms with Crippen LogP contribution in [0.4, 0.5) is 10.1 Å². The Morgan fingerprint density at radius 2 is 1.74 bits per heavy atom. The second kappa shape index (κ2) is 9.61. The monoisotopic (exact) mass is 476 g/mol. The fourth-order valence-corrected chi connectivity index (χ4v) is 4.37. The zero-order valence-corrected chi connectivity index (χ0v) is 19.9. The maximum absolute atomic E-state index is 13.9. The number of para-hydroxylation sites is 1. The van der Waals surface area contributed by atoms with Crippen LogP contribution in [-0.2, 0) is 4.79 Å². The molecule has 1 unspecified atom stereocenters. The highest BCUT2D eigenvalue weighted by Crippen LogP contribution is 2.32. The number of H-pyrrole nitrogens is 1. The molecule has 0 aliphatic carbocycles. The predicted molar refractivity (Wildman–Crippen MR) is 132 cm³/mol. The number of hydrogen-bond donors (Lipinski definition) is 2. The maximum atomic E-state index is 13.9. The highest BCUT2D eigenvalue weighted by Gasteiger charge is 2.36. The summed E-state index contributed by atoms with van der Waals surface area (Å²) in [4.78, 5) is 29.6. The Morgan fingerprint density at radius 1 is 1.03 bits per heavy atom. The number of aromatic amines is 1. The zero-order chi connectivity index (χ0) is 24.3. The van der Waals surface area contributed by atoms with E-state index in [4.69, 9.17) is 0 Å². The number of anilines is 1. The van der Waals surface area contributed by atoms with Crippen molar-refractivity contribution in [3.63, 3.8) is 0 Å². The molecule has 34 heavy (non-hydrogen) atoms. The number of thiophene rings is 1. The Labute approximate surface area is 201 Å². The standard InChI is InChI=1S/C26H25FN4O2S/c1-26(2,3)28-24(32)23(22-10-7-15-34-22)31(19-8-5-4-6-9-19)25(33)21-16-20(29-30-21)17-11-13-18(27)14-12-17/h4-16,23H,1-3H3,(H,28,32)(H,29,30). The molecule has 6 nitrogen and oxygen atoms in total. The number of hydrogen-bond acceptors (Lipinski definition) is 4. The molecule has 8 heteroatoms. The molecule has 0 saturated carbocycles. The zero-order valence-electron chi connectivity index (χ0n) is 19.1. The molecule has 2 aromatic heterocycles. The van der Waals surface area contributed by atoms with Gasteiger partial charge in [0.1, 0.15) is 11.5 Å². The van der Waals surface area contributed by atoms with Crippen LogP contribution in [-0.4, -0.2) is 27.6 Å². The van der Waals surface area contributed by atoms with E-state index in [2.05, 4.69) is 15.5 Å². The van der Waals surface area contributed by atoms with Crippen molar-refractivity contribution in [2.75, 3.05) is 4.90 Å². The number of amides is 2. The van der Waals surface area contributed by atoms with Crippen LogP contribution in [0.1, 0.15) is 42.2 Å². The fraction of sp³-hybridized carbons (Fsp3) is 0.192. The van der Waals surface area contributed by atoms with Gasteiger partial charge in [0.25, 0.3) is 5.91 Å². The number of carbonyl (C=O) groups excluding carboxylic acids is 2. The Kier molecular flexibility index (Phi) is 6.61. The third-order valence-corrected chi connectivity index (χ3v) is 5.94. The lowest BCUT2D eigenvalue weighted by Crippen LogP contribution is -2.49. The van der Waals surface area contributed by atoms with E-state index in [1.165, 1.54) is 28.4 Å². The van der Waals surface area contributed by atoms with E-state index in [0.29, 0.717) is 16.9 Å². The van der Waals surface area contributed by atoms with Gasteiger partial charge in [-0.3, -0.25) is 19.6 Å². The van der Waals surface area contributed by atoms with Gasteiger partial charge in [-0.2, -0.15) is 5.10 Å². The quantitative estimate of drug-likeness (QED) is 0.381. The molecule has 1 atom stereocenters. The van der Waals surface area contributed by atoms with Gasteiger partial charge in [0.05, 0.1) is 5.69 Å². The molecule has 4 aromatic rings. The van der Waals surface area contributed by atoms with E-state index < -0.39 is 17.5 Å². The molecule has 0 radical (unpaired) electrons. The first kappa shape index (κ1) is 23.4. The van der Waals surface area contributed by atoms with E-state index in [1.807, 2.05) is 56.5 Å². The lowest BCUT2D eigenvalue weighted by atomic mass is 10.1. The minimum atomic E-state index is -0.883. The Morgan fingerprint density at radius 3 is 2.35 bits per heavy atom. The summed E-state index contributed by atoms with van der Waals surface area (Å²) in [6, 6.07) is 19.4. The van der Waals surface area contributed by atoms with Crippen LogP contribution < -0.4 is 10.2 Å². The molecule has 2 aromatic carbocycles. The van der Waals surface area contributed by atoms with E-state index in [0.717, 1.165) is 4.88 Å². The molecule has 0 aliphatic rings. The van der Waals surface area contributed by atoms with Gasteiger partial charge in [0.2, 0.25) is 5.91 Å². The summed E-state index contributed by atoms with van der Waals surface area (Å²) in [6.45, 7) is 5.69. The maximum Gasteiger partial charge on any atom is 0.277 e. The lowest BCUT2D eigenvalue weighted by Gasteiger charge is -2.32. The van der Waals surface area contributed by atoms with Crippen molar-refractivity contribution in [1.82, 2.24) is 15.5 Å². The van der Waals surface area contributed by atoms with Crippen LogP contribution in [0.3, 0.4) is 0 Å². The molecular weight excluding hydrogens is 451 g/mol. The van der Waals surface area contributed by atoms with Crippen molar-refractivity contribution in [3.8, 4) is 11.3 Å². The van der Waals surface area contributed by atoms with E-state index in [1.54, 1.807) is 30.3 Å². The first-order valence-corrected chi connectivity index (χ1v) is 11.7. The largest absolute Gasteiger partial charge is 0.349 e. The average Bonchev–Trinajstić information content (AvgIpc) is 3.49. The van der Waals surface area contributed by atoms with E-state index >= 15 is 0 Å². The van der Waals surface area contributed by atoms with Crippen LogP contribution in [0.2, 0.25) is 0 Å². The third kappa shape index (κ3) is 5.23. The molecule has 2 amide bonds. The molecule has 0 aliphatic heterocycles. The van der Waals surface area contributed by atoms with Gasteiger partial charge in [-0.15, -0.1) is 11.3 Å². The van der Waals surface area contributed by atoms with Crippen molar-refractivity contribution in [2.24, 2.45) is 0 Å². The Balaban J connectivity index is 1.77. The summed E-state index contributed by atoms with van der Waals surface area (Å²) in [5.74, 6) is -1.05. The highest BCUT2D eigenvalue weighted by molar-refractivity contribution is 7.10. The van der Waals surface area contributed by atoms with Crippen LogP contribution in [0.5, 0.6) is 0 Å². The van der Waals surface area contributed by atoms with Crippen LogP contribution in [0, 0.1) is 5.82 Å². The number of halogens is 1. The summed E-state index contributed by atoms with van der Waals surface area (Å²) < 4.78 is 13.3. The van der Waals surface area contributed by atoms with E-state index in [9.17, 15) is 14.0 Å². The summed E-state index contributed by atoms with van der Waals surface area (Å²) in [6.07, 6.45) is 0. The SMILES string of the molecule is CC(C)(C)NC(=O)C(c1cccs1)N(C(=O)c1cc(-c2ccc(F)cc2)n[nH]1)c1ccccc1. The molecule has 0 spiro atoms. The normalized spacial score (nSPS) is 12.2. The van der Waals surface area contributed by atoms with Gasteiger partial charge in [-0.05, 0) is 74.7 Å². The number of nitrogens with zero attached hydrogens (tertiary/aromatic N) is 2. The first-order valence-electron chi connectivity index (χ1n) is 10.8. The van der Waals surface area contributed by atoms with Gasteiger partial charge < -0.3 is 5.32 Å². The predicted octanol–water partition coefficient (Wildman–Crippen LogP) is 5.58. The molecule has 2 heterocycles. The lowest BCUT2D eigenvalue weighted by molar-refractivity contribution is -0.123. The summed E-state index contributed by atoms with van der Waals surface area (Å²) in [7, 11) is 0. The summed E-state index contributed by atoms with van der Waals surface area (Å²) in [5.41, 5.74) is 1.48. The molecule has 2 N–H and O–H groups in total. The second-order valence-corrected chi connectivity index (χ2v) is 9.82. The molecule has 0 bridgehead atoms. The molecule has 4 rings (SSSR count). The number of rotatable bonds is 6. The van der Waals surface area contributed by atoms with Crippen molar-refractivity contribution in [2.45, 2.75) is 32.4 Å². The number of aromatic nitrogens is 2. The Hall–Kier alpha value is -3.78. The topological polar surface area (TPSA) is 78.1 Å². The van der Waals surface area contributed by atoms with Gasteiger partial charge >= 0.3 is 0 Å². The van der Waals surface area contributed by atoms with Crippen molar-refractivity contribution in [3.05, 3.63) is 94.6 Å². The Bertz CT molecular complexity index is 1260. The third-order valence-electron chi connectivity index (χ3n) is 5.02. The molecule has 0 saturated heterocycles. The number of carbonyl (C=O) groups is 2. The van der Waals surface area contributed by atoms with Crippen LogP contribution in [0.15, 0.2) is 78.2 Å². The van der Waals surface area contributed by atoms with Crippen LogP contribution >= 0.6 is 11.3 Å². The fourth-order valence-electron chi connectivity index (χ4n) is 3.56. The first-order chi connectivity index (χ1) is 16.2. The molecular formula is C26H25FN4O2S. The van der Waals surface area contributed by atoms with Gasteiger partial charge in [-0.1, -0.05) is 24.3 Å². The summed E-state index contributed by atoms with van der Waals surface area (Å²) >= 11 is 1.41. The van der Waals surface area contributed by atoms with Crippen molar-refractivity contribution < 1.29 is 14.0 Å². The average molecular weight is 477 g/mol. The minimum absolute atomic E-state index is 0.216. The van der Waals surface area contributed by atoms with Gasteiger partial charge in [-0.25, -0.2) is 4.39 Å². The van der Waals surface area contributed by atoms with Gasteiger partial charge in [0.15, 0.2) is 6.04 Å².